The molecule has 0 bridgehead atoms. The number of rotatable bonds is 6. The summed E-state index contributed by atoms with van der Waals surface area (Å²) in [7, 11) is 0. The van der Waals surface area contributed by atoms with Crippen molar-refractivity contribution >= 4 is 11.0 Å². The minimum absolute atomic E-state index is 0.104. The van der Waals surface area contributed by atoms with Gasteiger partial charge in [0.25, 0.3) is 0 Å². The molecule has 1 aromatic heterocycles. The van der Waals surface area contributed by atoms with Crippen LogP contribution in [0.15, 0.2) is 118 Å². The highest BCUT2D eigenvalue weighted by molar-refractivity contribution is 5.84. The van der Waals surface area contributed by atoms with Crippen molar-refractivity contribution in [3.05, 3.63) is 136 Å². The third-order valence-corrected chi connectivity index (χ3v) is 6.23. The molecule has 0 aliphatic rings. The van der Waals surface area contributed by atoms with Gasteiger partial charge in [-0.2, -0.15) is 0 Å². The van der Waals surface area contributed by atoms with E-state index in [-0.39, 0.29) is 17.7 Å². The van der Waals surface area contributed by atoms with E-state index in [0.29, 0.717) is 11.0 Å². The predicted molar refractivity (Wildman–Crippen MR) is 134 cm³/mol. The molecule has 0 aliphatic carbocycles. The highest BCUT2D eigenvalue weighted by Gasteiger charge is 2.27. The highest BCUT2D eigenvalue weighted by atomic mass is 16.4. The molecule has 0 spiro atoms. The van der Waals surface area contributed by atoms with Crippen LogP contribution in [0.5, 0.6) is 5.75 Å². The van der Waals surface area contributed by atoms with Gasteiger partial charge in [-0.1, -0.05) is 97.1 Å². The average molecular weight is 449 g/mol. The Balaban J connectivity index is 1.52. The molecule has 0 saturated heterocycles. The van der Waals surface area contributed by atoms with Gasteiger partial charge in [0.05, 0.1) is 17.1 Å². The van der Waals surface area contributed by atoms with Crippen LogP contribution in [0, 0.1) is 0 Å². The summed E-state index contributed by atoms with van der Waals surface area (Å²) >= 11 is 0. The summed E-state index contributed by atoms with van der Waals surface area (Å²) in [5.41, 5.74) is 3.61. The van der Waals surface area contributed by atoms with Crippen LogP contribution in [0.25, 0.3) is 22.1 Å². The van der Waals surface area contributed by atoms with Crippen molar-refractivity contribution in [3.8, 4) is 16.9 Å². The SMILES string of the molecule is O=c1oc2ccccc2c(O)c1C(CC(O)c1ccc(-c2ccccc2)cc1)c1ccccc1. The van der Waals surface area contributed by atoms with E-state index in [9.17, 15) is 15.0 Å². The summed E-state index contributed by atoms with van der Waals surface area (Å²) in [6.07, 6.45) is -0.633. The average Bonchev–Trinajstić information content (AvgIpc) is 2.89. The van der Waals surface area contributed by atoms with Gasteiger partial charge in [-0.15, -0.1) is 0 Å². The van der Waals surface area contributed by atoms with Crippen molar-refractivity contribution < 1.29 is 14.6 Å². The Morgan fingerprint density at radius 2 is 1.26 bits per heavy atom. The molecule has 0 saturated carbocycles. The lowest BCUT2D eigenvalue weighted by Crippen LogP contribution is -2.17. The molecule has 4 aromatic carbocycles. The minimum atomic E-state index is -0.847. The first-order valence-corrected chi connectivity index (χ1v) is 11.2. The zero-order valence-corrected chi connectivity index (χ0v) is 18.5. The summed E-state index contributed by atoms with van der Waals surface area (Å²) in [5.74, 6) is -0.654. The molecule has 2 N–H and O–H groups in total. The number of aromatic hydroxyl groups is 1. The van der Waals surface area contributed by atoms with Crippen molar-refractivity contribution in [2.45, 2.75) is 18.4 Å². The van der Waals surface area contributed by atoms with Crippen molar-refractivity contribution in [1.29, 1.82) is 0 Å². The van der Waals surface area contributed by atoms with Crippen molar-refractivity contribution in [1.82, 2.24) is 0 Å². The summed E-state index contributed by atoms with van der Waals surface area (Å²) in [5, 5.41) is 22.7. The number of benzene rings is 4. The first kappa shape index (κ1) is 21.7. The molecular formula is C30H24O4. The van der Waals surface area contributed by atoms with Crippen LogP contribution in [-0.2, 0) is 0 Å². The topological polar surface area (TPSA) is 70.7 Å². The van der Waals surface area contributed by atoms with E-state index >= 15 is 0 Å². The second-order valence-electron chi connectivity index (χ2n) is 8.35. The maximum absolute atomic E-state index is 13.0. The van der Waals surface area contributed by atoms with Gasteiger partial charge in [0.2, 0.25) is 0 Å². The van der Waals surface area contributed by atoms with Gasteiger partial charge in [0, 0.05) is 5.92 Å². The van der Waals surface area contributed by atoms with Crippen LogP contribution in [0.4, 0.5) is 0 Å². The molecule has 4 nitrogen and oxygen atoms in total. The summed E-state index contributed by atoms with van der Waals surface area (Å²) < 4.78 is 5.53. The van der Waals surface area contributed by atoms with Gasteiger partial charge in [-0.3, -0.25) is 0 Å². The van der Waals surface area contributed by atoms with Gasteiger partial charge in [0.1, 0.15) is 11.3 Å². The predicted octanol–water partition coefficient (Wildman–Crippen LogP) is 6.42. The van der Waals surface area contributed by atoms with Crippen LogP contribution in [0.2, 0.25) is 0 Å². The Kier molecular flexibility index (Phi) is 5.98. The number of para-hydroxylation sites is 1. The molecule has 0 fully saturated rings. The van der Waals surface area contributed by atoms with E-state index in [1.165, 1.54) is 0 Å². The Bertz CT molecular complexity index is 1460. The molecule has 0 radical (unpaired) electrons. The van der Waals surface area contributed by atoms with Gasteiger partial charge in [0.15, 0.2) is 0 Å². The third-order valence-electron chi connectivity index (χ3n) is 6.23. The van der Waals surface area contributed by atoms with Gasteiger partial charge < -0.3 is 14.6 Å². The molecule has 1 heterocycles. The van der Waals surface area contributed by atoms with E-state index in [0.717, 1.165) is 22.3 Å². The number of aliphatic hydroxyl groups is 1. The lowest BCUT2D eigenvalue weighted by Gasteiger charge is -2.22. The zero-order valence-electron chi connectivity index (χ0n) is 18.5. The summed E-state index contributed by atoms with van der Waals surface area (Å²) in [6.45, 7) is 0. The molecule has 5 aromatic rings. The third kappa shape index (κ3) is 4.24. The number of hydrogen-bond donors (Lipinski definition) is 2. The monoisotopic (exact) mass is 448 g/mol. The van der Waals surface area contributed by atoms with Crippen LogP contribution >= 0.6 is 0 Å². The molecule has 2 unspecified atom stereocenters. The van der Waals surface area contributed by atoms with Crippen LogP contribution < -0.4 is 5.63 Å². The number of fused-ring (bicyclic) bond motifs is 1. The Morgan fingerprint density at radius 3 is 1.97 bits per heavy atom. The Labute approximate surface area is 197 Å². The molecular weight excluding hydrogens is 424 g/mol. The molecule has 34 heavy (non-hydrogen) atoms. The first-order chi connectivity index (χ1) is 16.6. The van der Waals surface area contributed by atoms with E-state index in [4.69, 9.17) is 4.42 Å². The zero-order chi connectivity index (χ0) is 23.5. The fourth-order valence-electron chi connectivity index (χ4n) is 4.45. The van der Waals surface area contributed by atoms with Gasteiger partial charge in [-0.25, -0.2) is 4.79 Å². The second kappa shape index (κ2) is 9.38. The maximum Gasteiger partial charge on any atom is 0.343 e. The summed E-state index contributed by atoms with van der Waals surface area (Å²) in [6, 6.07) is 34.1. The quantitative estimate of drug-likeness (QED) is 0.294. The first-order valence-electron chi connectivity index (χ1n) is 11.2. The van der Waals surface area contributed by atoms with E-state index in [1.807, 2.05) is 84.9 Å². The molecule has 0 amide bonds. The normalized spacial score (nSPS) is 13.0. The molecule has 0 aliphatic heterocycles. The number of hydrogen-bond acceptors (Lipinski definition) is 4. The van der Waals surface area contributed by atoms with Crippen molar-refractivity contribution in [2.24, 2.45) is 0 Å². The van der Waals surface area contributed by atoms with Crippen LogP contribution in [0.3, 0.4) is 0 Å². The Hall–Kier alpha value is -4.15. The Morgan fingerprint density at radius 1 is 0.676 bits per heavy atom. The van der Waals surface area contributed by atoms with Gasteiger partial charge in [-0.05, 0) is 40.8 Å². The van der Waals surface area contributed by atoms with E-state index < -0.39 is 17.6 Å². The fourth-order valence-corrected chi connectivity index (χ4v) is 4.45. The minimum Gasteiger partial charge on any atom is -0.507 e. The standard InChI is InChI=1S/C30H24O4/c31-26(23-17-15-21(16-18-23)20-9-3-1-4-10-20)19-25(22-11-5-2-6-12-22)28-29(32)24-13-7-8-14-27(24)34-30(28)33/h1-18,25-26,31-32H,19H2. The van der Waals surface area contributed by atoms with Gasteiger partial charge >= 0.3 is 5.63 Å². The van der Waals surface area contributed by atoms with Crippen molar-refractivity contribution in [2.75, 3.05) is 0 Å². The number of aliphatic hydroxyl groups excluding tert-OH is 1. The fraction of sp³-hybridized carbons (Fsp3) is 0.100. The highest BCUT2D eigenvalue weighted by Crippen LogP contribution is 2.39. The largest absolute Gasteiger partial charge is 0.507 e. The second-order valence-corrected chi connectivity index (χ2v) is 8.35. The van der Waals surface area contributed by atoms with Crippen LogP contribution in [0.1, 0.15) is 35.1 Å². The summed E-state index contributed by atoms with van der Waals surface area (Å²) in [4.78, 5) is 13.0. The molecule has 2 atom stereocenters. The maximum atomic E-state index is 13.0. The molecule has 5 rings (SSSR count). The van der Waals surface area contributed by atoms with Crippen molar-refractivity contribution in [3.63, 3.8) is 0 Å². The van der Waals surface area contributed by atoms with E-state index in [1.54, 1.807) is 24.3 Å². The smallest absolute Gasteiger partial charge is 0.343 e. The van der Waals surface area contributed by atoms with Crippen LogP contribution in [-0.4, -0.2) is 10.2 Å². The van der Waals surface area contributed by atoms with E-state index in [2.05, 4.69) is 0 Å². The lowest BCUT2D eigenvalue weighted by molar-refractivity contribution is 0.161. The lowest BCUT2D eigenvalue weighted by atomic mass is 9.84. The molecule has 168 valence electrons. The molecule has 4 heteroatoms.